The summed E-state index contributed by atoms with van der Waals surface area (Å²) in [6.07, 6.45) is 4.98. The number of benzene rings is 2. The summed E-state index contributed by atoms with van der Waals surface area (Å²) < 4.78 is 9.99. The third-order valence-electron chi connectivity index (χ3n) is 10.0. The molecule has 1 saturated carbocycles. The van der Waals surface area contributed by atoms with Crippen molar-refractivity contribution in [3.63, 3.8) is 0 Å². The minimum absolute atomic E-state index is 0.00467. The summed E-state index contributed by atoms with van der Waals surface area (Å²) in [6, 6.07) is 16.1. The van der Waals surface area contributed by atoms with E-state index in [9.17, 15) is 15.0 Å². The molecule has 2 aromatic carbocycles. The van der Waals surface area contributed by atoms with E-state index in [4.69, 9.17) is 19.7 Å². The van der Waals surface area contributed by atoms with Crippen molar-refractivity contribution >= 4 is 11.6 Å². The zero-order valence-corrected chi connectivity index (χ0v) is 29.7. The van der Waals surface area contributed by atoms with Crippen molar-refractivity contribution in [2.24, 2.45) is 10.9 Å². The van der Waals surface area contributed by atoms with Gasteiger partial charge in [-0.05, 0) is 76.5 Å². The van der Waals surface area contributed by atoms with Gasteiger partial charge in [0.1, 0.15) is 5.82 Å². The lowest BCUT2D eigenvalue weighted by Gasteiger charge is -2.35. The molecule has 1 aliphatic carbocycles. The van der Waals surface area contributed by atoms with E-state index in [1.165, 1.54) is 0 Å². The molecule has 11 heteroatoms. The molecule has 2 atom stereocenters. The van der Waals surface area contributed by atoms with E-state index < -0.39 is 11.5 Å². The average molecular weight is 671 g/mol. The Bertz CT molecular complexity index is 1880. The average Bonchev–Trinajstić information content (AvgIpc) is 3.66. The van der Waals surface area contributed by atoms with Gasteiger partial charge in [0.2, 0.25) is 5.78 Å². The van der Waals surface area contributed by atoms with E-state index in [-0.39, 0.29) is 29.7 Å². The Morgan fingerprint density at radius 3 is 2.35 bits per heavy atom. The van der Waals surface area contributed by atoms with Crippen molar-refractivity contribution < 1.29 is 19.8 Å². The van der Waals surface area contributed by atoms with Crippen molar-refractivity contribution in [1.82, 2.24) is 24.6 Å². The second-order valence-corrected chi connectivity index (χ2v) is 14.5. The lowest BCUT2D eigenvalue weighted by molar-refractivity contribution is -0.230. The Kier molecular flexibility index (Phi) is 9.83. The number of aliphatic hydroxyl groups is 2. The molecule has 3 N–H and O–H groups in total. The molecule has 2 aliphatic rings. The summed E-state index contributed by atoms with van der Waals surface area (Å²) in [5.74, 6) is -0.136. The molecule has 2 aromatic heterocycles. The number of aliphatic imine (C=N–C) groups is 1. The van der Waals surface area contributed by atoms with E-state index in [0.29, 0.717) is 30.3 Å². The fourth-order valence-corrected chi connectivity index (χ4v) is 6.76. The number of rotatable bonds is 11. The number of nitrogens with zero attached hydrogens (tertiary/aromatic N) is 5. The topological polar surface area (TPSA) is 136 Å². The van der Waals surface area contributed by atoms with Crippen molar-refractivity contribution in [3.8, 4) is 11.1 Å². The summed E-state index contributed by atoms with van der Waals surface area (Å²) in [4.78, 5) is 29.2. The van der Waals surface area contributed by atoms with Gasteiger partial charge in [-0.15, -0.1) is 0 Å². The van der Waals surface area contributed by atoms with E-state index in [2.05, 4.69) is 41.7 Å². The fourth-order valence-electron chi connectivity index (χ4n) is 6.76. The van der Waals surface area contributed by atoms with E-state index in [1.807, 2.05) is 61.0 Å². The second-order valence-electron chi connectivity index (χ2n) is 14.5. The Balaban J connectivity index is 1.31. The maximum atomic E-state index is 14.5. The van der Waals surface area contributed by atoms with Crippen LogP contribution >= 0.6 is 0 Å². The molecule has 49 heavy (non-hydrogen) atoms. The normalized spacial score (nSPS) is 22.0. The molecule has 0 bridgehead atoms. The van der Waals surface area contributed by atoms with Gasteiger partial charge in [0.25, 0.3) is 11.5 Å². The second kappa shape index (κ2) is 13.8. The molecule has 11 nitrogen and oxygen atoms in total. The molecule has 1 aliphatic heterocycles. The van der Waals surface area contributed by atoms with Gasteiger partial charge in [-0.3, -0.25) is 9.36 Å². The van der Waals surface area contributed by atoms with Gasteiger partial charge in [0, 0.05) is 29.5 Å². The molecule has 2 unspecified atom stereocenters. The third kappa shape index (κ3) is 7.08. The van der Waals surface area contributed by atoms with Crippen molar-refractivity contribution in [2.75, 3.05) is 0 Å². The third-order valence-corrected chi connectivity index (χ3v) is 10.0. The van der Waals surface area contributed by atoms with Crippen molar-refractivity contribution in [3.05, 3.63) is 87.1 Å². The Morgan fingerprint density at radius 2 is 1.73 bits per heavy atom. The summed E-state index contributed by atoms with van der Waals surface area (Å²) in [6.45, 7) is 13.1. The summed E-state index contributed by atoms with van der Waals surface area (Å²) in [5, 5.41) is 25.9. The maximum Gasteiger partial charge on any atom is 0.293 e. The predicted molar refractivity (Wildman–Crippen MR) is 189 cm³/mol. The summed E-state index contributed by atoms with van der Waals surface area (Å²) in [7, 11) is 0. The molecule has 0 amide bonds. The first-order chi connectivity index (χ1) is 23.3. The van der Waals surface area contributed by atoms with Gasteiger partial charge < -0.3 is 14.9 Å². The Morgan fingerprint density at radius 1 is 1.06 bits per heavy atom. The number of amidine groups is 1. The van der Waals surface area contributed by atoms with Crippen LogP contribution in [0.2, 0.25) is 0 Å². The van der Waals surface area contributed by atoms with E-state index >= 15 is 0 Å². The fraction of sp³-hybridized carbons (Fsp3) is 0.526. The number of nitrogens with one attached hydrogen (secondary N) is 1. The molecule has 6 rings (SSSR count). The minimum Gasteiger partial charge on any atom is -0.388 e. The Labute approximate surface area is 288 Å². The number of hydroxylamine groups is 1. The molecule has 262 valence electrons. The van der Waals surface area contributed by atoms with Crippen LogP contribution in [0, 0.1) is 12.8 Å². The van der Waals surface area contributed by atoms with Crippen molar-refractivity contribution in [1.29, 1.82) is 0 Å². The van der Waals surface area contributed by atoms with Gasteiger partial charge in [0.15, 0.2) is 5.84 Å². The van der Waals surface area contributed by atoms with Gasteiger partial charge in [0.05, 0.1) is 23.5 Å². The molecule has 0 radical (unpaired) electrons. The van der Waals surface area contributed by atoms with Crippen LogP contribution in [0.3, 0.4) is 0 Å². The standard InChI is InChI=1S/C38H50N6O5/c1-8-11-33-32(22-26-14-16-27(17-15-26)30-12-9-10-13-31(30)34-40-38(47,23(2)3)49-42-34)35(45)43(36-39-25(5)41-44(33)36)28-18-20-29(21-19-28)48-24(4)37(6,7)46/h9-10,12-17,23-24,28-29,46-47H,8,11,18-22H2,1-7H3,(H,40,42). The van der Waals surface area contributed by atoms with E-state index in [0.717, 1.165) is 65.6 Å². The minimum atomic E-state index is -1.62. The molecule has 0 saturated heterocycles. The number of aryl methyl sites for hydroxylation is 2. The predicted octanol–water partition coefficient (Wildman–Crippen LogP) is 5.65. The lowest BCUT2D eigenvalue weighted by atomic mass is 9.91. The van der Waals surface area contributed by atoms with Crippen LogP contribution in [0.1, 0.15) is 108 Å². The highest BCUT2D eigenvalue weighted by Crippen LogP contribution is 2.33. The highest BCUT2D eigenvalue weighted by Gasteiger charge is 2.39. The van der Waals surface area contributed by atoms with Gasteiger partial charge in [-0.25, -0.2) is 19.8 Å². The monoisotopic (exact) mass is 670 g/mol. The number of aromatic nitrogens is 4. The molecule has 3 heterocycles. The SMILES string of the molecule is CCCc1c(Cc2ccc(-c3ccccc3C3=NC(O)(C(C)C)ON3)cc2)c(=O)n(C2CCC(OC(C)C(C)(C)O)CC2)c2nc(C)nn12. The lowest BCUT2D eigenvalue weighted by Crippen LogP contribution is -2.40. The van der Waals surface area contributed by atoms with Gasteiger partial charge in [-0.1, -0.05) is 75.7 Å². The first-order valence-electron chi connectivity index (χ1n) is 17.6. The van der Waals surface area contributed by atoms with Crippen LogP contribution in [0.4, 0.5) is 0 Å². The number of hydrogen-bond donors (Lipinski definition) is 3. The molecule has 0 spiro atoms. The molecule has 1 fully saturated rings. The van der Waals surface area contributed by atoms with Crippen LogP contribution in [-0.4, -0.2) is 58.9 Å². The van der Waals surface area contributed by atoms with Crippen LogP contribution in [0.5, 0.6) is 0 Å². The van der Waals surface area contributed by atoms with Crippen LogP contribution < -0.4 is 11.0 Å². The van der Waals surface area contributed by atoms with Crippen LogP contribution in [0.25, 0.3) is 16.9 Å². The highest BCUT2D eigenvalue weighted by atomic mass is 16.8. The number of fused-ring (bicyclic) bond motifs is 1. The zero-order chi connectivity index (χ0) is 35.1. The van der Waals surface area contributed by atoms with Gasteiger partial charge >= 0.3 is 0 Å². The first-order valence-corrected chi connectivity index (χ1v) is 17.6. The highest BCUT2D eigenvalue weighted by molar-refractivity contribution is 6.04. The zero-order valence-electron chi connectivity index (χ0n) is 29.7. The first kappa shape index (κ1) is 34.9. The molecular weight excluding hydrogens is 620 g/mol. The summed E-state index contributed by atoms with van der Waals surface area (Å²) >= 11 is 0. The summed E-state index contributed by atoms with van der Waals surface area (Å²) in [5.41, 5.74) is 7.33. The van der Waals surface area contributed by atoms with Gasteiger partial charge in [-0.2, -0.15) is 10.1 Å². The smallest absolute Gasteiger partial charge is 0.293 e. The van der Waals surface area contributed by atoms with Crippen LogP contribution in [0.15, 0.2) is 58.3 Å². The number of ether oxygens (including phenoxy) is 1. The van der Waals surface area contributed by atoms with Crippen LogP contribution in [-0.2, 0) is 22.4 Å². The quantitative estimate of drug-likeness (QED) is 0.186. The van der Waals surface area contributed by atoms with Crippen molar-refractivity contribution in [2.45, 2.75) is 123 Å². The largest absolute Gasteiger partial charge is 0.388 e. The maximum absolute atomic E-state index is 14.5. The van der Waals surface area contributed by atoms with E-state index in [1.54, 1.807) is 13.8 Å². The molecule has 4 aromatic rings. The number of hydrogen-bond acceptors (Lipinski definition) is 9. The Hall–Kier alpha value is -3.90. The molecular formula is C38H50N6O5.